The Balaban J connectivity index is 1.73. The highest BCUT2D eigenvalue weighted by Crippen LogP contribution is 2.51. The smallest absolute Gasteiger partial charge is 0.146 e. The first-order valence-corrected chi connectivity index (χ1v) is 8.73. The summed E-state index contributed by atoms with van der Waals surface area (Å²) < 4.78 is 0. The molecular weight excluding hydrogens is 262 g/mol. The van der Waals surface area contributed by atoms with Crippen molar-refractivity contribution in [2.45, 2.75) is 76.2 Å². The number of hydrogen-bond donors (Lipinski definition) is 0. The summed E-state index contributed by atoms with van der Waals surface area (Å²) in [6, 6.07) is 0. The van der Waals surface area contributed by atoms with Crippen LogP contribution in [0.3, 0.4) is 0 Å². The Morgan fingerprint density at radius 3 is 1.95 bits per heavy atom. The van der Waals surface area contributed by atoms with Crippen LogP contribution in [0.15, 0.2) is 0 Å². The van der Waals surface area contributed by atoms with E-state index < -0.39 is 5.41 Å². The molecule has 0 N–H and O–H groups in total. The second-order valence-corrected chi connectivity index (χ2v) is 7.90. The highest BCUT2D eigenvalue weighted by Gasteiger charge is 2.54. The summed E-state index contributed by atoms with van der Waals surface area (Å²) in [5.41, 5.74) is -0.349. The summed E-state index contributed by atoms with van der Waals surface area (Å²) in [6.45, 7) is 0. The number of carbonyl (C=O) groups excluding carboxylic acids is 2. The second kappa shape index (κ2) is 5.49. The molecule has 0 aliphatic heterocycles. The van der Waals surface area contributed by atoms with E-state index in [4.69, 9.17) is 0 Å². The first kappa shape index (κ1) is 15.2. The molecule has 0 saturated heterocycles. The summed E-state index contributed by atoms with van der Waals surface area (Å²) >= 11 is 0. The maximum absolute atomic E-state index is 12.3. The van der Waals surface area contributed by atoms with Crippen LogP contribution in [0.25, 0.3) is 0 Å². The number of Topliss-reactive ketones (excluding diaryl/α,β-unsaturated/α-hetero) is 2. The summed E-state index contributed by atoms with van der Waals surface area (Å²) in [4.78, 5) is 26.9. The van der Waals surface area contributed by atoms with Crippen LogP contribution >= 0.6 is 0 Å². The van der Waals surface area contributed by atoms with Crippen LogP contribution in [0.5, 0.6) is 0 Å². The Hall–Kier alpha value is -0.700. The quantitative estimate of drug-likeness (QED) is 0.748. The predicted molar refractivity (Wildman–Crippen MR) is 83.1 cm³/mol. The van der Waals surface area contributed by atoms with Crippen LogP contribution in [-0.2, 0) is 9.59 Å². The molecule has 0 radical (unpaired) electrons. The van der Waals surface area contributed by atoms with E-state index >= 15 is 0 Å². The van der Waals surface area contributed by atoms with E-state index in [-0.39, 0.29) is 17.1 Å². The van der Waals surface area contributed by atoms with Gasteiger partial charge in [-0.15, -0.1) is 0 Å². The van der Waals surface area contributed by atoms with Crippen molar-refractivity contribution in [2.24, 2.45) is 11.3 Å². The minimum atomic E-state index is -0.574. The van der Waals surface area contributed by atoms with Crippen molar-refractivity contribution < 1.29 is 9.59 Å². The summed E-state index contributed by atoms with van der Waals surface area (Å²) in [6.07, 6.45) is 11.4. The number of rotatable bonds is 3. The Morgan fingerprint density at radius 1 is 0.952 bits per heavy atom. The van der Waals surface area contributed by atoms with Crippen molar-refractivity contribution in [2.75, 3.05) is 14.1 Å². The lowest BCUT2D eigenvalue weighted by Crippen LogP contribution is -2.52. The molecule has 3 saturated carbocycles. The normalized spacial score (nSPS) is 28.9. The van der Waals surface area contributed by atoms with Gasteiger partial charge in [0.2, 0.25) is 0 Å². The van der Waals surface area contributed by atoms with Gasteiger partial charge in [0.15, 0.2) is 0 Å². The van der Waals surface area contributed by atoms with E-state index in [0.29, 0.717) is 12.8 Å². The van der Waals surface area contributed by atoms with Crippen molar-refractivity contribution in [3.8, 4) is 0 Å². The summed E-state index contributed by atoms with van der Waals surface area (Å²) in [5, 5.41) is 0. The molecule has 0 unspecified atom stereocenters. The molecule has 118 valence electrons. The zero-order chi connectivity index (χ0) is 15.1. The average Bonchev–Trinajstić information content (AvgIpc) is 3.06. The van der Waals surface area contributed by atoms with Gasteiger partial charge in [0, 0.05) is 18.4 Å². The second-order valence-electron chi connectivity index (χ2n) is 7.90. The van der Waals surface area contributed by atoms with Crippen LogP contribution in [-0.4, -0.2) is 36.1 Å². The highest BCUT2D eigenvalue weighted by molar-refractivity contribution is 6.12. The van der Waals surface area contributed by atoms with Gasteiger partial charge in [-0.05, 0) is 52.1 Å². The predicted octanol–water partition coefficient (Wildman–Crippen LogP) is 3.36. The molecule has 0 atom stereocenters. The largest absolute Gasteiger partial charge is 0.304 e. The van der Waals surface area contributed by atoms with E-state index in [2.05, 4.69) is 19.0 Å². The van der Waals surface area contributed by atoms with Crippen molar-refractivity contribution >= 4 is 11.6 Å². The fraction of sp³-hybridized carbons (Fsp3) is 0.889. The van der Waals surface area contributed by atoms with Gasteiger partial charge in [0.05, 0.1) is 5.41 Å². The van der Waals surface area contributed by atoms with Crippen molar-refractivity contribution in [3.63, 3.8) is 0 Å². The van der Waals surface area contributed by atoms with Crippen LogP contribution < -0.4 is 0 Å². The van der Waals surface area contributed by atoms with Crippen LogP contribution in [0.2, 0.25) is 0 Å². The van der Waals surface area contributed by atoms with E-state index in [0.717, 1.165) is 31.6 Å². The zero-order valence-corrected chi connectivity index (χ0v) is 13.6. The van der Waals surface area contributed by atoms with Gasteiger partial charge in [0.25, 0.3) is 0 Å². The van der Waals surface area contributed by atoms with Crippen molar-refractivity contribution in [3.05, 3.63) is 0 Å². The maximum Gasteiger partial charge on any atom is 0.146 e. The Morgan fingerprint density at radius 2 is 1.48 bits per heavy atom. The molecule has 3 aliphatic rings. The topological polar surface area (TPSA) is 37.4 Å². The maximum atomic E-state index is 12.3. The third-order valence-electron chi connectivity index (χ3n) is 6.77. The SMILES string of the molecule is CN(C)C1(CC2CCCC2)CCC2(CC1)C(=O)CCC2=O. The van der Waals surface area contributed by atoms with Crippen molar-refractivity contribution in [1.29, 1.82) is 0 Å². The van der Waals surface area contributed by atoms with Crippen LogP contribution in [0.4, 0.5) is 0 Å². The standard InChI is InChI=1S/C18H29NO2/c1-19(2)17(13-14-5-3-4-6-14)9-11-18(12-10-17)15(20)7-8-16(18)21/h14H,3-13H2,1-2H3. The molecule has 1 spiro atoms. The van der Waals surface area contributed by atoms with Crippen molar-refractivity contribution in [1.82, 2.24) is 4.90 Å². The molecule has 0 aromatic carbocycles. The fourth-order valence-electron chi connectivity index (χ4n) is 5.15. The molecule has 21 heavy (non-hydrogen) atoms. The summed E-state index contributed by atoms with van der Waals surface area (Å²) in [7, 11) is 4.37. The summed E-state index contributed by atoms with van der Waals surface area (Å²) in [5.74, 6) is 1.33. The zero-order valence-electron chi connectivity index (χ0n) is 13.6. The van der Waals surface area contributed by atoms with Gasteiger partial charge in [-0.1, -0.05) is 25.7 Å². The Kier molecular flexibility index (Phi) is 3.98. The third-order valence-corrected chi connectivity index (χ3v) is 6.77. The lowest BCUT2D eigenvalue weighted by atomic mass is 9.63. The lowest BCUT2D eigenvalue weighted by molar-refractivity contribution is -0.139. The molecule has 0 amide bonds. The Labute approximate surface area is 128 Å². The molecule has 3 aliphatic carbocycles. The van der Waals surface area contributed by atoms with E-state index in [1.54, 1.807) is 0 Å². The molecule has 3 nitrogen and oxygen atoms in total. The Bertz CT molecular complexity index is 408. The average molecular weight is 291 g/mol. The number of hydrogen-bond acceptors (Lipinski definition) is 3. The first-order valence-electron chi connectivity index (χ1n) is 8.73. The molecule has 3 rings (SSSR count). The molecule has 0 bridgehead atoms. The lowest BCUT2D eigenvalue weighted by Gasteiger charge is -2.48. The van der Waals surface area contributed by atoms with E-state index in [9.17, 15) is 9.59 Å². The number of carbonyl (C=O) groups is 2. The molecular formula is C18H29NO2. The van der Waals surface area contributed by atoms with Crippen LogP contribution in [0.1, 0.15) is 70.6 Å². The minimum absolute atomic E-state index is 0.226. The number of nitrogens with zero attached hydrogens (tertiary/aromatic N) is 1. The minimum Gasteiger partial charge on any atom is -0.304 e. The van der Waals surface area contributed by atoms with Gasteiger partial charge in [-0.3, -0.25) is 9.59 Å². The molecule has 0 aromatic heterocycles. The highest BCUT2D eigenvalue weighted by atomic mass is 16.2. The molecule has 3 fully saturated rings. The monoisotopic (exact) mass is 291 g/mol. The van der Waals surface area contributed by atoms with Crippen LogP contribution in [0, 0.1) is 11.3 Å². The fourth-order valence-corrected chi connectivity index (χ4v) is 5.15. The van der Waals surface area contributed by atoms with Gasteiger partial charge in [0.1, 0.15) is 11.6 Å². The third kappa shape index (κ3) is 2.48. The van der Waals surface area contributed by atoms with E-state index in [1.165, 1.54) is 32.1 Å². The number of ketones is 2. The molecule has 3 heteroatoms. The van der Waals surface area contributed by atoms with Gasteiger partial charge < -0.3 is 4.90 Å². The first-order chi connectivity index (χ1) is 9.98. The van der Waals surface area contributed by atoms with Gasteiger partial charge in [-0.2, -0.15) is 0 Å². The van der Waals surface area contributed by atoms with Gasteiger partial charge >= 0.3 is 0 Å². The van der Waals surface area contributed by atoms with E-state index in [1.807, 2.05) is 0 Å². The molecule has 0 heterocycles. The van der Waals surface area contributed by atoms with Gasteiger partial charge in [-0.25, -0.2) is 0 Å². The molecule has 0 aromatic rings.